The molecule has 1 N–H and O–H groups in total. The number of H-pyrrole nitrogens is 1. The molecule has 4 rings (SSSR count). The lowest BCUT2D eigenvalue weighted by molar-refractivity contribution is 0.498. The zero-order valence-electron chi connectivity index (χ0n) is 13.9. The Morgan fingerprint density at radius 2 is 1.84 bits per heavy atom. The number of aryl methyl sites for hydroxylation is 2. The highest BCUT2D eigenvalue weighted by Gasteiger charge is 2.24. The van der Waals surface area contributed by atoms with Gasteiger partial charge in [-0.3, -0.25) is 0 Å². The Bertz CT molecular complexity index is 898. The minimum absolute atomic E-state index is 0.439. The number of hydrogen-bond donors (Lipinski definition) is 1. The average molecular weight is 360 g/mol. The van der Waals surface area contributed by atoms with Crippen molar-refractivity contribution in [2.45, 2.75) is 44.4 Å². The van der Waals surface area contributed by atoms with E-state index < -0.39 is 11.6 Å². The van der Waals surface area contributed by atoms with Gasteiger partial charge in [-0.05, 0) is 73.8 Å². The van der Waals surface area contributed by atoms with E-state index in [1.165, 1.54) is 29.0 Å². The topological polar surface area (TPSA) is 15.8 Å². The predicted octanol–water partition coefficient (Wildman–Crippen LogP) is 6.54. The molecule has 1 aliphatic carbocycles. The van der Waals surface area contributed by atoms with Crippen molar-refractivity contribution in [3.05, 3.63) is 69.9 Å². The summed E-state index contributed by atoms with van der Waals surface area (Å²) in [5.41, 5.74) is 4.37. The summed E-state index contributed by atoms with van der Waals surface area (Å²) in [5.74, 6) is -1.11. The summed E-state index contributed by atoms with van der Waals surface area (Å²) >= 11 is 5.93. The fourth-order valence-corrected chi connectivity index (χ4v) is 4.17. The number of halogens is 3. The van der Waals surface area contributed by atoms with Gasteiger partial charge in [-0.15, -0.1) is 0 Å². The highest BCUT2D eigenvalue weighted by Crippen LogP contribution is 2.39. The maximum Gasteiger partial charge on any atom is 0.160 e. The maximum atomic E-state index is 13.6. The maximum absolute atomic E-state index is 13.6. The van der Waals surface area contributed by atoms with E-state index in [1.54, 1.807) is 0 Å². The third-order valence-corrected chi connectivity index (χ3v) is 5.55. The van der Waals surface area contributed by atoms with Crippen molar-refractivity contribution in [2.24, 2.45) is 0 Å². The molecule has 25 heavy (non-hydrogen) atoms. The van der Waals surface area contributed by atoms with E-state index >= 15 is 0 Å². The van der Waals surface area contributed by atoms with E-state index in [9.17, 15) is 8.78 Å². The van der Waals surface area contributed by atoms with E-state index in [4.69, 9.17) is 11.6 Å². The number of rotatable bonds is 4. The third kappa shape index (κ3) is 3.30. The summed E-state index contributed by atoms with van der Waals surface area (Å²) in [6, 6.07) is 10.6. The largest absolute Gasteiger partial charge is 0.358 e. The molecular formula is C21H20ClF2N. The Hall–Kier alpha value is -1.87. The molecule has 1 heterocycles. The lowest BCUT2D eigenvalue weighted by atomic mass is 9.83. The number of benzene rings is 2. The molecule has 1 aliphatic rings. The van der Waals surface area contributed by atoms with Crippen LogP contribution in [0.3, 0.4) is 0 Å². The zero-order chi connectivity index (χ0) is 17.4. The summed E-state index contributed by atoms with van der Waals surface area (Å²) in [6.07, 6.45) is 6.35. The molecule has 0 amide bonds. The van der Waals surface area contributed by atoms with Crippen molar-refractivity contribution in [3.8, 4) is 0 Å². The summed E-state index contributed by atoms with van der Waals surface area (Å²) in [6.45, 7) is 0. The Balaban J connectivity index is 1.52. The fraction of sp³-hybridized carbons (Fsp3) is 0.333. The molecule has 0 fully saturated rings. The van der Waals surface area contributed by atoms with Gasteiger partial charge in [-0.2, -0.15) is 0 Å². The quantitative estimate of drug-likeness (QED) is 0.544. The summed E-state index contributed by atoms with van der Waals surface area (Å²) < 4.78 is 27.1. The van der Waals surface area contributed by atoms with Crippen molar-refractivity contribution in [3.63, 3.8) is 0 Å². The molecule has 0 saturated carbocycles. The smallest absolute Gasteiger partial charge is 0.160 e. The van der Waals surface area contributed by atoms with Crippen molar-refractivity contribution in [2.75, 3.05) is 0 Å². The van der Waals surface area contributed by atoms with Crippen molar-refractivity contribution < 1.29 is 8.78 Å². The van der Waals surface area contributed by atoms with Crippen LogP contribution in [0.1, 0.15) is 48.4 Å². The summed E-state index contributed by atoms with van der Waals surface area (Å²) in [4.78, 5) is 3.37. The molecule has 1 aromatic heterocycles. The van der Waals surface area contributed by atoms with Crippen molar-refractivity contribution in [1.82, 2.24) is 4.98 Å². The molecule has 0 saturated heterocycles. The van der Waals surface area contributed by atoms with Crippen LogP contribution in [0.4, 0.5) is 8.78 Å². The van der Waals surface area contributed by atoms with Gasteiger partial charge in [0.25, 0.3) is 0 Å². The second-order valence-electron chi connectivity index (χ2n) is 6.94. The van der Waals surface area contributed by atoms with Crippen LogP contribution in [0.2, 0.25) is 5.02 Å². The first-order valence-corrected chi connectivity index (χ1v) is 9.23. The molecule has 0 radical (unpaired) electrons. The number of aromatic amines is 1. The minimum Gasteiger partial charge on any atom is -0.358 e. The van der Waals surface area contributed by atoms with E-state index in [2.05, 4.69) is 17.1 Å². The molecule has 0 spiro atoms. The SMILES string of the molecule is Fc1cc2[nH]c3c(c2cc1F)CCCC3CCCc1ccc(Cl)cc1. The second-order valence-corrected chi connectivity index (χ2v) is 7.37. The van der Waals surface area contributed by atoms with E-state index in [0.29, 0.717) is 11.4 Å². The van der Waals surface area contributed by atoms with E-state index in [-0.39, 0.29) is 0 Å². The van der Waals surface area contributed by atoms with Gasteiger partial charge in [-0.25, -0.2) is 8.78 Å². The number of nitrogens with one attached hydrogen (secondary N) is 1. The normalized spacial score (nSPS) is 17.0. The lowest BCUT2D eigenvalue weighted by Crippen LogP contribution is -2.09. The molecule has 1 atom stereocenters. The second kappa shape index (κ2) is 6.80. The molecule has 1 unspecified atom stereocenters. The van der Waals surface area contributed by atoms with Crippen molar-refractivity contribution >= 4 is 22.5 Å². The van der Waals surface area contributed by atoms with Crippen LogP contribution in [0, 0.1) is 11.6 Å². The molecular weight excluding hydrogens is 340 g/mol. The first-order chi connectivity index (χ1) is 12.1. The van der Waals surface area contributed by atoms with Gasteiger partial charge < -0.3 is 4.98 Å². The monoisotopic (exact) mass is 359 g/mol. The predicted molar refractivity (Wildman–Crippen MR) is 98.3 cm³/mol. The Morgan fingerprint density at radius 1 is 1.08 bits per heavy atom. The van der Waals surface area contributed by atoms with Gasteiger partial charge in [0, 0.05) is 27.7 Å². The number of fused-ring (bicyclic) bond motifs is 3. The highest BCUT2D eigenvalue weighted by molar-refractivity contribution is 6.30. The van der Waals surface area contributed by atoms with Gasteiger partial charge >= 0.3 is 0 Å². The van der Waals surface area contributed by atoms with Crippen LogP contribution in [-0.2, 0) is 12.8 Å². The molecule has 1 nitrogen and oxygen atoms in total. The molecule has 4 heteroatoms. The molecule has 130 valence electrons. The van der Waals surface area contributed by atoms with Crippen LogP contribution >= 0.6 is 11.6 Å². The van der Waals surface area contributed by atoms with Gasteiger partial charge in [0.2, 0.25) is 0 Å². The van der Waals surface area contributed by atoms with Crippen LogP contribution in [0.15, 0.2) is 36.4 Å². The molecule has 3 aromatic rings. The van der Waals surface area contributed by atoms with Crippen LogP contribution in [0.25, 0.3) is 10.9 Å². The fourth-order valence-electron chi connectivity index (χ4n) is 4.05. The van der Waals surface area contributed by atoms with Crippen molar-refractivity contribution in [1.29, 1.82) is 0 Å². The Morgan fingerprint density at radius 3 is 2.64 bits per heavy atom. The van der Waals surface area contributed by atoms with Gasteiger partial charge in [0.1, 0.15) is 0 Å². The summed E-state index contributed by atoms with van der Waals surface area (Å²) in [7, 11) is 0. The summed E-state index contributed by atoms with van der Waals surface area (Å²) in [5, 5.41) is 1.61. The number of aromatic nitrogens is 1. The molecule has 0 aliphatic heterocycles. The van der Waals surface area contributed by atoms with Gasteiger partial charge in [-0.1, -0.05) is 23.7 Å². The van der Waals surface area contributed by atoms with Crippen LogP contribution in [-0.4, -0.2) is 4.98 Å². The third-order valence-electron chi connectivity index (χ3n) is 5.30. The van der Waals surface area contributed by atoms with E-state index in [1.807, 2.05) is 12.1 Å². The first-order valence-electron chi connectivity index (χ1n) is 8.86. The lowest BCUT2D eigenvalue weighted by Gasteiger charge is -2.22. The Labute approximate surface area is 151 Å². The average Bonchev–Trinajstić information content (AvgIpc) is 2.95. The Kier molecular flexibility index (Phi) is 4.51. The standard InChI is InChI=1S/C21H20ClF2N/c22-15-9-7-13(8-10-15)3-1-4-14-5-2-6-16-17-11-18(23)19(24)12-20(17)25-21(14)16/h7-12,14,25H,1-6H2. The zero-order valence-corrected chi connectivity index (χ0v) is 14.7. The number of hydrogen-bond acceptors (Lipinski definition) is 0. The molecule has 2 aromatic carbocycles. The van der Waals surface area contributed by atoms with E-state index in [0.717, 1.165) is 48.9 Å². The highest BCUT2D eigenvalue weighted by atomic mass is 35.5. The van der Waals surface area contributed by atoms with Gasteiger partial charge in [0.05, 0.1) is 0 Å². The first kappa shape index (κ1) is 16.6. The van der Waals surface area contributed by atoms with Crippen LogP contribution in [0.5, 0.6) is 0 Å². The minimum atomic E-state index is -0.787. The molecule has 0 bridgehead atoms. The van der Waals surface area contributed by atoms with Gasteiger partial charge in [0.15, 0.2) is 11.6 Å². The van der Waals surface area contributed by atoms with Crippen LogP contribution < -0.4 is 0 Å².